The number of primary amides is 1. The van der Waals surface area contributed by atoms with Crippen LogP contribution in [0.5, 0.6) is 0 Å². The van der Waals surface area contributed by atoms with Crippen LogP contribution < -0.4 is 11.1 Å². The van der Waals surface area contributed by atoms with Crippen LogP contribution in [-0.2, 0) is 4.79 Å². The van der Waals surface area contributed by atoms with Crippen molar-refractivity contribution < 1.29 is 18.8 Å². The van der Waals surface area contributed by atoms with Crippen LogP contribution in [0.15, 0.2) is 28.8 Å². The summed E-state index contributed by atoms with van der Waals surface area (Å²) in [4.78, 5) is 51.5. The minimum Gasteiger partial charge on any atom is -0.447 e. The van der Waals surface area contributed by atoms with E-state index in [0.717, 1.165) is 38.8 Å². The van der Waals surface area contributed by atoms with E-state index in [1.54, 1.807) is 32.3 Å². The summed E-state index contributed by atoms with van der Waals surface area (Å²) in [7, 11) is 3.22. The number of likely N-dealkylation sites (tertiary alicyclic amines) is 1. The van der Waals surface area contributed by atoms with Gasteiger partial charge in [-0.2, -0.15) is 0 Å². The van der Waals surface area contributed by atoms with Crippen molar-refractivity contribution >= 4 is 46.1 Å². The van der Waals surface area contributed by atoms with Crippen LogP contribution in [0.1, 0.15) is 59.6 Å². The molecule has 3 aromatic rings. The van der Waals surface area contributed by atoms with E-state index >= 15 is 0 Å². The Labute approximate surface area is 225 Å². The molecule has 3 aromatic heterocycles. The van der Waals surface area contributed by atoms with Gasteiger partial charge in [-0.05, 0) is 69.8 Å². The van der Waals surface area contributed by atoms with E-state index in [0.29, 0.717) is 22.3 Å². The molecule has 1 saturated carbocycles. The topological polar surface area (TPSA) is 135 Å². The van der Waals surface area contributed by atoms with E-state index in [1.165, 1.54) is 23.9 Å². The van der Waals surface area contributed by atoms with Crippen LogP contribution in [0.3, 0.4) is 0 Å². The fourth-order valence-electron chi connectivity index (χ4n) is 5.45. The normalized spacial score (nSPS) is 20.0. The molecule has 3 amide bonds. The molecule has 2 fully saturated rings. The smallest absolute Gasteiger partial charge is 0.286 e. The Bertz CT molecular complexity index is 1370. The first-order valence-corrected chi connectivity index (χ1v) is 13.3. The number of fused-ring (bicyclic) bond motifs is 1. The highest BCUT2D eigenvalue weighted by molar-refractivity contribution is 6.30. The van der Waals surface area contributed by atoms with Crippen LogP contribution in [0, 0.1) is 5.92 Å². The number of furan rings is 1. The fraction of sp³-hybridized carbons (Fsp3) is 0.444. The number of hydrogen-bond donors (Lipinski definition) is 2. The Morgan fingerprint density at radius 3 is 2.45 bits per heavy atom. The van der Waals surface area contributed by atoms with Gasteiger partial charge in [0.15, 0.2) is 5.58 Å². The van der Waals surface area contributed by atoms with Crippen molar-refractivity contribution in [1.29, 1.82) is 0 Å². The van der Waals surface area contributed by atoms with Gasteiger partial charge in [-0.15, -0.1) is 0 Å². The third-order valence-corrected chi connectivity index (χ3v) is 7.70. The number of pyridine rings is 2. The van der Waals surface area contributed by atoms with Crippen LogP contribution in [0.4, 0.5) is 5.69 Å². The zero-order valence-electron chi connectivity index (χ0n) is 21.5. The molecule has 1 aliphatic heterocycles. The van der Waals surface area contributed by atoms with Gasteiger partial charge in [-0.1, -0.05) is 11.6 Å². The average Bonchev–Trinajstić information content (AvgIpc) is 3.57. The quantitative estimate of drug-likeness (QED) is 0.485. The standard InChI is InChI=1S/C27H31ClN6O4/c1-33(2)27(37)21-18(19-10-7-16(28)14-30-19)13-20-22(31-21)23(24(38-20)25(29)35)32-26(36)15-5-8-17(9-6-15)34-11-3-4-12-34/h7,10,13-15,17H,3-6,8-9,11-12H2,1-2H3,(H2,29,35)(H,32,36). The highest BCUT2D eigenvalue weighted by Gasteiger charge is 2.32. The number of nitrogens with one attached hydrogen (secondary N) is 1. The molecule has 0 radical (unpaired) electrons. The zero-order chi connectivity index (χ0) is 27.0. The molecule has 200 valence electrons. The molecule has 10 nitrogen and oxygen atoms in total. The lowest BCUT2D eigenvalue weighted by molar-refractivity contribution is -0.121. The summed E-state index contributed by atoms with van der Waals surface area (Å²) >= 11 is 5.99. The van der Waals surface area contributed by atoms with Crippen molar-refractivity contribution in [1.82, 2.24) is 19.8 Å². The second-order valence-electron chi connectivity index (χ2n) is 10.2. The van der Waals surface area contributed by atoms with Crippen molar-refractivity contribution in [2.45, 2.75) is 44.6 Å². The van der Waals surface area contributed by atoms with Crippen LogP contribution in [0.25, 0.3) is 22.4 Å². The number of carbonyl (C=O) groups is 3. The molecular formula is C27H31ClN6O4. The summed E-state index contributed by atoms with van der Waals surface area (Å²) in [6.45, 7) is 2.27. The Morgan fingerprint density at radius 1 is 1.13 bits per heavy atom. The Balaban J connectivity index is 1.48. The number of aromatic nitrogens is 2. The maximum atomic E-state index is 13.3. The first-order valence-electron chi connectivity index (χ1n) is 12.9. The van der Waals surface area contributed by atoms with Crippen molar-refractivity contribution in [2.24, 2.45) is 11.7 Å². The van der Waals surface area contributed by atoms with Gasteiger partial charge in [0.1, 0.15) is 16.9 Å². The molecule has 5 rings (SSSR count). The van der Waals surface area contributed by atoms with Gasteiger partial charge in [0.05, 0.1) is 10.7 Å². The molecule has 0 bridgehead atoms. The van der Waals surface area contributed by atoms with Gasteiger partial charge >= 0.3 is 0 Å². The average molecular weight is 539 g/mol. The number of nitrogens with two attached hydrogens (primary N) is 1. The summed E-state index contributed by atoms with van der Waals surface area (Å²) in [5, 5.41) is 3.30. The number of carbonyl (C=O) groups excluding carboxylic acids is 3. The van der Waals surface area contributed by atoms with Crippen LogP contribution in [0.2, 0.25) is 5.02 Å². The highest BCUT2D eigenvalue weighted by atomic mass is 35.5. The predicted molar refractivity (Wildman–Crippen MR) is 144 cm³/mol. The summed E-state index contributed by atoms with van der Waals surface area (Å²) in [6.07, 6.45) is 7.40. The molecule has 0 atom stereocenters. The van der Waals surface area contributed by atoms with Gasteiger partial charge in [-0.25, -0.2) is 4.98 Å². The molecule has 11 heteroatoms. The highest BCUT2D eigenvalue weighted by Crippen LogP contribution is 2.36. The van der Waals surface area contributed by atoms with Crippen LogP contribution in [-0.4, -0.2) is 70.7 Å². The number of halogens is 1. The first-order chi connectivity index (χ1) is 18.2. The Kier molecular flexibility index (Phi) is 7.36. The van der Waals surface area contributed by atoms with Crippen molar-refractivity contribution in [3.8, 4) is 11.3 Å². The molecule has 0 spiro atoms. The lowest BCUT2D eigenvalue weighted by Crippen LogP contribution is -2.38. The number of anilines is 1. The number of rotatable bonds is 6. The molecule has 2 aliphatic rings. The van der Waals surface area contributed by atoms with Crippen LogP contribution >= 0.6 is 11.6 Å². The maximum absolute atomic E-state index is 13.3. The molecule has 0 aromatic carbocycles. The summed E-state index contributed by atoms with van der Waals surface area (Å²) in [6, 6.07) is 5.42. The molecule has 1 aliphatic carbocycles. The molecule has 4 heterocycles. The van der Waals surface area contributed by atoms with E-state index < -0.39 is 5.91 Å². The summed E-state index contributed by atoms with van der Waals surface area (Å²) in [5.41, 5.74) is 7.03. The summed E-state index contributed by atoms with van der Waals surface area (Å²) < 4.78 is 5.78. The van der Waals surface area contributed by atoms with E-state index in [4.69, 9.17) is 21.8 Å². The van der Waals surface area contributed by atoms with Gasteiger partial charge in [-0.3, -0.25) is 19.4 Å². The largest absolute Gasteiger partial charge is 0.447 e. The van der Waals surface area contributed by atoms with Crippen molar-refractivity contribution in [3.63, 3.8) is 0 Å². The minimum absolute atomic E-state index is 0.0857. The molecule has 3 N–H and O–H groups in total. The number of nitrogens with zero attached hydrogens (tertiary/aromatic N) is 4. The van der Waals surface area contributed by atoms with Gasteiger partial charge in [0.2, 0.25) is 11.7 Å². The SMILES string of the molecule is CN(C)C(=O)c1nc2c(NC(=O)C3CCC(N4CCCC4)CC3)c(C(N)=O)oc2cc1-c1ccc(Cl)cn1. The summed E-state index contributed by atoms with van der Waals surface area (Å²) in [5.74, 6) is -1.84. The molecule has 0 unspecified atom stereocenters. The Morgan fingerprint density at radius 2 is 1.84 bits per heavy atom. The first kappa shape index (κ1) is 26.1. The number of hydrogen-bond acceptors (Lipinski definition) is 7. The van der Waals surface area contributed by atoms with Gasteiger partial charge in [0.25, 0.3) is 11.8 Å². The monoisotopic (exact) mass is 538 g/mol. The third-order valence-electron chi connectivity index (χ3n) is 7.47. The predicted octanol–water partition coefficient (Wildman–Crippen LogP) is 3.94. The molecular weight excluding hydrogens is 508 g/mol. The van der Waals surface area contributed by atoms with Crippen molar-refractivity contribution in [3.05, 3.63) is 40.9 Å². The lowest BCUT2D eigenvalue weighted by Gasteiger charge is -2.33. The van der Waals surface area contributed by atoms with Gasteiger partial charge in [0, 0.05) is 37.8 Å². The zero-order valence-corrected chi connectivity index (χ0v) is 22.3. The van der Waals surface area contributed by atoms with E-state index in [1.807, 2.05) is 0 Å². The lowest BCUT2D eigenvalue weighted by atomic mass is 9.85. The molecule has 1 saturated heterocycles. The minimum atomic E-state index is -0.845. The van der Waals surface area contributed by atoms with E-state index in [9.17, 15) is 14.4 Å². The number of amides is 3. The molecule has 38 heavy (non-hydrogen) atoms. The fourth-order valence-corrected chi connectivity index (χ4v) is 5.56. The van der Waals surface area contributed by atoms with E-state index in [-0.39, 0.29) is 46.0 Å². The third kappa shape index (κ3) is 5.10. The maximum Gasteiger partial charge on any atom is 0.286 e. The van der Waals surface area contributed by atoms with Crippen molar-refractivity contribution in [2.75, 3.05) is 32.5 Å². The van der Waals surface area contributed by atoms with Gasteiger partial charge < -0.3 is 25.3 Å². The Hall–Kier alpha value is -3.50. The second-order valence-corrected chi connectivity index (χ2v) is 10.6. The second kappa shape index (κ2) is 10.7. The van der Waals surface area contributed by atoms with E-state index in [2.05, 4.69) is 20.2 Å².